The number of hydrogen-bond donors (Lipinski definition) is 0. The summed E-state index contributed by atoms with van der Waals surface area (Å²) in [6, 6.07) is 9.20. The molecule has 2 aromatic rings. The van der Waals surface area contributed by atoms with Crippen LogP contribution in [0.2, 0.25) is 0 Å². The summed E-state index contributed by atoms with van der Waals surface area (Å²) in [7, 11) is 0. The second kappa shape index (κ2) is 6.91. The lowest BCUT2D eigenvalue weighted by Crippen LogP contribution is -2.51. The zero-order valence-corrected chi connectivity index (χ0v) is 16.5. The number of hydrogen-bond acceptors (Lipinski definition) is 5. The van der Waals surface area contributed by atoms with E-state index < -0.39 is 5.60 Å². The first-order valence-electron chi connectivity index (χ1n) is 10.2. The Balaban J connectivity index is 1.30. The third kappa shape index (κ3) is 3.00. The van der Waals surface area contributed by atoms with Crippen LogP contribution in [0.1, 0.15) is 53.5 Å². The molecule has 3 aliphatic heterocycles. The van der Waals surface area contributed by atoms with Crippen LogP contribution < -0.4 is 0 Å². The molecule has 7 heteroatoms. The van der Waals surface area contributed by atoms with E-state index >= 15 is 0 Å². The maximum Gasteiger partial charge on any atom is 0.257 e. The van der Waals surface area contributed by atoms with Crippen LogP contribution >= 0.6 is 0 Å². The van der Waals surface area contributed by atoms with Gasteiger partial charge >= 0.3 is 0 Å². The number of rotatable bonds is 2. The van der Waals surface area contributed by atoms with E-state index in [4.69, 9.17) is 4.74 Å². The van der Waals surface area contributed by atoms with Gasteiger partial charge in [-0.25, -0.2) is 0 Å². The lowest BCUT2D eigenvalue weighted by atomic mass is 9.89. The van der Waals surface area contributed by atoms with E-state index in [1.54, 1.807) is 12.4 Å². The average molecular weight is 392 g/mol. The fraction of sp³-hybridized carbons (Fsp3) is 0.455. The van der Waals surface area contributed by atoms with Gasteiger partial charge in [0, 0.05) is 37.7 Å². The van der Waals surface area contributed by atoms with Crippen molar-refractivity contribution in [1.82, 2.24) is 19.8 Å². The monoisotopic (exact) mass is 392 g/mol. The number of amides is 2. The van der Waals surface area contributed by atoms with Crippen molar-refractivity contribution in [3.05, 3.63) is 59.7 Å². The van der Waals surface area contributed by atoms with E-state index in [-0.39, 0.29) is 24.1 Å². The van der Waals surface area contributed by atoms with Crippen molar-refractivity contribution in [2.75, 3.05) is 13.1 Å². The molecule has 3 fully saturated rings. The average Bonchev–Trinajstić information content (AvgIpc) is 3.28. The maximum absolute atomic E-state index is 13.4. The van der Waals surface area contributed by atoms with E-state index in [2.05, 4.69) is 9.97 Å². The molecule has 1 aromatic heterocycles. The minimum Gasteiger partial charge on any atom is -0.342 e. The summed E-state index contributed by atoms with van der Waals surface area (Å²) in [5, 5.41) is 0. The number of likely N-dealkylation sites (tertiary alicyclic amines) is 1. The third-order valence-electron chi connectivity index (χ3n) is 6.34. The molecule has 5 rings (SSSR count). The van der Waals surface area contributed by atoms with Gasteiger partial charge in [0.1, 0.15) is 6.23 Å². The summed E-state index contributed by atoms with van der Waals surface area (Å²) in [5.41, 5.74) is 1.55. The van der Waals surface area contributed by atoms with Crippen molar-refractivity contribution in [2.45, 2.75) is 50.5 Å². The predicted octanol–water partition coefficient (Wildman–Crippen LogP) is 2.48. The molecule has 0 aliphatic carbocycles. The third-order valence-corrected chi connectivity index (χ3v) is 6.34. The summed E-state index contributed by atoms with van der Waals surface area (Å²) in [5.74, 6) is 0.0541. The molecular formula is C22H24N4O3. The first-order chi connectivity index (χ1) is 14.1. The Kier molecular flexibility index (Phi) is 4.35. The van der Waals surface area contributed by atoms with Gasteiger partial charge in [-0.3, -0.25) is 19.6 Å². The van der Waals surface area contributed by atoms with Crippen LogP contribution in [0.25, 0.3) is 0 Å². The second-order valence-corrected chi connectivity index (χ2v) is 8.11. The molecule has 2 amide bonds. The summed E-state index contributed by atoms with van der Waals surface area (Å²) in [4.78, 5) is 38.7. The minimum absolute atomic E-state index is 0.0132. The van der Waals surface area contributed by atoms with Gasteiger partial charge in [0.25, 0.3) is 11.8 Å². The minimum atomic E-state index is -0.811. The molecule has 0 radical (unpaired) electrons. The van der Waals surface area contributed by atoms with Crippen LogP contribution in [0.4, 0.5) is 0 Å². The summed E-state index contributed by atoms with van der Waals surface area (Å²) in [6.45, 7) is 2.95. The molecule has 0 unspecified atom stereocenters. The van der Waals surface area contributed by atoms with Gasteiger partial charge in [0.15, 0.2) is 5.60 Å². The number of aromatic nitrogens is 2. The molecule has 3 aliphatic rings. The Bertz CT molecular complexity index is 923. The number of benzene rings is 1. The van der Waals surface area contributed by atoms with E-state index in [0.717, 1.165) is 24.2 Å². The van der Waals surface area contributed by atoms with Crippen LogP contribution in [-0.4, -0.2) is 56.5 Å². The summed E-state index contributed by atoms with van der Waals surface area (Å²) in [6.07, 6.45) is 6.01. The smallest absolute Gasteiger partial charge is 0.257 e. The Morgan fingerprint density at radius 2 is 1.86 bits per heavy atom. The highest BCUT2D eigenvalue weighted by molar-refractivity contribution is 5.95. The molecule has 4 heterocycles. The molecular weight excluding hydrogens is 368 g/mol. The number of ether oxygens (including phenoxy) is 1. The van der Waals surface area contributed by atoms with Crippen molar-refractivity contribution in [2.24, 2.45) is 0 Å². The molecule has 1 aromatic carbocycles. The number of carbonyl (C=O) groups is 2. The summed E-state index contributed by atoms with van der Waals surface area (Å²) < 4.78 is 6.33. The number of piperidine rings is 1. The molecule has 2 atom stereocenters. The van der Waals surface area contributed by atoms with Crippen molar-refractivity contribution in [3.63, 3.8) is 0 Å². The number of aryl methyl sites for hydroxylation is 1. The quantitative estimate of drug-likeness (QED) is 0.785. The Labute approximate surface area is 169 Å². The largest absolute Gasteiger partial charge is 0.342 e. The Hall–Kier alpha value is -2.80. The Morgan fingerprint density at radius 3 is 2.55 bits per heavy atom. The van der Waals surface area contributed by atoms with Crippen LogP contribution in [0.15, 0.2) is 42.7 Å². The van der Waals surface area contributed by atoms with Crippen molar-refractivity contribution in [1.29, 1.82) is 0 Å². The van der Waals surface area contributed by atoms with Gasteiger partial charge in [0.05, 0.1) is 23.6 Å². The van der Waals surface area contributed by atoms with Gasteiger partial charge < -0.3 is 14.5 Å². The van der Waals surface area contributed by atoms with Crippen LogP contribution in [0.3, 0.4) is 0 Å². The highest BCUT2D eigenvalue weighted by Gasteiger charge is 2.58. The zero-order chi connectivity index (χ0) is 20.0. The van der Waals surface area contributed by atoms with E-state index in [9.17, 15) is 9.59 Å². The van der Waals surface area contributed by atoms with Crippen LogP contribution in [0.5, 0.6) is 0 Å². The molecule has 0 saturated carbocycles. The molecule has 7 nitrogen and oxygen atoms in total. The highest BCUT2D eigenvalue weighted by atomic mass is 16.6. The first kappa shape index (κ1) is 18.2. The van der Waals surface area contributed by atoms with Gasteiger partial charge in [0.2, 0.25) is 0 Å². The molecule has 0 bridgehead atoms. The lowest BCUT2D eigenvalue weighted by Gasteiger charge is -2.37. The van der Waals surface area contributed by atoms with Crippen molar-refractivity contribution < 1.29 is 14.3 Å². The topological polar surface area (TPSA) is 75.6 Å². The first-order valence-corrected chi connectivity index (χ1v) is 10.2. The molecule has 3 saturated heterocycles. The predicted molar refractivity (Wildman–Crippen MR) is 105 cm³/mol. The number of fused-ring (bicyclic) bond motifs is 1. The molecule has 29 heavy (non-hydrogen) atoms. The standard InChI is InChI=1S/C22H24N4O3/c1-15-13-24-17(14-23-15)18-7-8-19-26(18)21(28)22(29-19)9-11-25(12-10-22)20(27)16-5-3-2-4-6-16/h2-6,13-14,18-19H,7-12H2,1H3/t18-,19+/m0/s1. The lowest BCUT2D eigenvalue weighted by molar-refractivity contribution is -0.142. The van der Waals surface area contributed by atoms with Crippen molar-refractivity contribution >= 4 is 11.8 Å². The van der Waals surface area contributed by atoms with Gasteiger partial charge in [-0.05, 0) is 31.9 Å². The van der Waals surface area contributed by atoms with Gasteiger partial charge in [-0.1, -0.05) is 18.2 Å². The zero-order valence-electron chi connectivity index (χ0n) is 16.5. The van der Waals surface area contributed by atoms with E-state index in [0.29, 0.717) is 31.5 Å². The van der Waals surface area contributed by atoms with Gasteiger partial charge in [-0.2, -0.15) is 0 Å². The SMILES string of the molecule is Cc1cnc([C@@H]2CC[C@H]3OC4(CCN(C(=O)c5ccccc5)CC4)C(=O)N32)cn1. The second-order valence-electron chi connectivity index (χ2n) is 8.11. The maximum atomic E-state index is 13.4. The number of carbonyl (C=O) groups excluding carboxylic acids is 2. The van der Waals surface area contributed by atoms with Crippen LogP contribution in [-0.2, 0) is 9.53 Å². The highest BCUT2D eigenvalue weighted by Crippen LogP contribution is 2.47. The van der Waals surface area contributed by atoms with E-state index in [1.165, 1.54) is 0 Å². The Morgan fingerprint density at radius 1 is 1.10 bits per heavy atom. The summed E-state index contributed by atoms with van der Waals surface area (Å²) >= 11 is 0. The number of nitrogens with zero attached hydrogens (tertiary/aromatic N) is 4. The van der Waals surface area contributed by atoms with E-state index in [1.807, 2.05) is 47.1 Å². The van der Waals surface area contributed by atoms with Gasteiger partial charge in [-0.15, -0.1) is 0 Å². The normalized spacial score (nSPS) is 25.5. The molecule has 150 valence electrons. The fourth-order valence-electron chi connectivity index (χ4n) is 4.74. The van der Waals surface area contributed by atoms with Crippen molar-refractivity contribution in [3.8, 4) is 0 Å². The molecule has 0 N–H and O–H groups in total. The molecule has 1 spiro atoms. The van der Waals surface area contributed by atoms with Crippen LogP contribution in [0, 0.1) is 6.92 Å². The fourth-order valence-corrected chi connectivity index (χ4v) is 4.74.